The van der Waals surface area contributed by atoms with Gasteiger partial charge in [0.05, 0.1) is 31.4 Å². The van der Waals surface area contributed by atoms with Crippen LogP contribution in [-0.2, 0) is 11.2 Å². The first-order valence-electron chi connectivity index (χ1n) is 9.58. The quantitative estimate of drug-likeness (QED) is 0.690. The summed E-state index contributed by atoms with van der Waals surface area (Å²) in [7, 11) is 1.58. The van der Waals surface area contributed by atoms with E-state index in [1.54, 1.807) is 13.3 Å². The summed E-state index contributed by atoms with van der Waals surface area (Å²) in [6.45, 7) is 0.744. The first-order valence-corrected chi connectivity index (χ1v) is 9.58. The molecule has 29 heavy (non-hydrogen) atoms. The van der Waals surface area contributed by atoms with Gasteiger partial charge in [-0.1, -0.05) is 18.2 Å². The SMILES string of the molecule is COc1cc(Cc2cc(C(=O)N[C@H]3CCOC[C@@H]3O)nc3ccccc23)ccn1. The van der Waals surface area contributed by atoms with Crippen LogP contribution in [0.2, 0.25) is 0 Å². The van der Waals surface area contributed by atoms with Crippen LogP contribution in [0.25, 0.3) is 10.9 Å². The molecular formula is C22H23N3O4. The molecule has 0 unspecified atom stereocenters. The average molecular weight is 393 g/mol. The molecule has 0 radical (unpaired) electrons. The molecule has 0 spiro atoms. The standard InChI is InChI=1S/C22H23N3O4/c1-28-21-11-14(6-8-23-21)10-15-12-19(24-17-5-3-2-4-16(15)17)22(27)25-18-7-9-29-13-20(18)26/h2-6,8,11-12,18,20,26H,7,9-10,13H2,1H3,(H,25,27)/t18-,20-/m0/s1. The molecule has 0 saturated carbocycles. The summed E-state index contributed by atoms with van der Waals surface area (Å²) in [5, 5.41) is 13.9. The summed E-state index contributed by atoms with van der Waals surface area (Å²) in [6.07, 6.45) is 2.18. The van der Waals surface area contributed by atoms with Crippen molar-refractivity contribution in [3.05, 3.63) is 65.5 Å². The van der Waals surface area contributed by atoms with Gasteiger partial charge in [0, 0.05) is 24.3 Å². The third-order valence-electron chi connectivity index (χ3n) is 5.08. The zero-order chi connectivity index (χ0) is 20.2. The minimum Gasteiger partial charge on any atom is -0.481 e. The lowest BCUT2D eigenvalue weighted by Gasteiger charge is -2.28. The van der Waals surface area contributed by atoms with Crippen molar-refractivity contribution in [3.63, 3.8) is 0 Å². The lowest BCUT2D eigenvalue weighted by atomic mass is 10.00. The number of aliphatic hydroxyl groups excluding tert-OH is 1. The van der Waals surface area contributed by atoms with Crippen LogP contribution in [0, 0.1) is 0 Å². The van der Waals surface area contributed by atoms with Crippen LogP contribution in [0.1, 0.15) is 28.0 Å². The second kappa shape index (κ2) is 8.55. The number of carbonyl (C=O) groups is 1. The maximum Gasteiger partial charge on any atom is 0.270 e. The fraction of sp³-hybridized carbons (Fsp3) is 0.318. The molecule has 7 heteroatoms. The maximum atomic E-state index is 12.9. The topological polar surface area (TPSA) is 93.6 Å². The molecular weight excluding hydrogens is 370 g/mol. The van der Waals surface area contributed by atoms with Crippen LogP contribution in [-0.4, -0.2) is 53.5 Å². The molecule has 3 aromatic rings. The molecule has 1 aliphatic rings. The lowest BCUT2D eigenvalue weighted by molar-refractivity contribution is -0.0261. The third kappa shape index (κ3) is 4.36. The van der Waals surface area contributed by atoms with E-state index in [-0.39, 0.29) is 18.6 Å². The van der Waals surface area contributed by atoms with E-state index in [0.717, 1.165) is 22.0 Å². The number of benzene rings is 1. The summed E-state index contributed by atoms with van der Waals surface area (Å²) in [6, 6.07) is 13.0. The molecule has 4 rings (SSSR count). The molecule has 1 fully saturated rings. The Labute approximate surface area is 168 Å². The van der Waals surface area contributed by atoms with Gasteiger partial charge in [-0.05, 0) is 42.2 Å². The van der Waals surface area contributed by atoms with Gasteiger partial charge in [-0.3, -0.25) is 4.79 Å². The van der Waals surface area contributed by atoms with Gasteiger partial charge in [-0.2, -0.15) is 0 Å². The van der Waals surface area contributed by atoms with E-state index in [1.165, 1.54) is 0 Å². The van der Waals surface area contributed by atoms with Gasteiger partial charge >= 0.3 is 0 Å². The number of nitrogens with zero attached hydrogens (tertiary/aromatic N) is 2. The van der Waals surface area contributed by atoms with E-state index >= 15 is 0 Å². The Kier molecular flexibility index (Phi) is 5.69. The van der Waals surface area contributed by atoms with Gasteiger partial charge in [0.1, 0.15) is 5.69 Å². The number of nitrogens with one attached hydrogen (secondary N) is 1. The second-order valence-corrected chi connectivity index (χ2v) is 7.08. The van der Waals surface area contributed by atoms with E-state index in [0.29, 0.717) is 31.0 Å². The molecule has 1 saturated heterocycles. The fourth-order valence-corrected chi connectivity index (χ4v) is 3.54. The number of carbonyl (C=O) groups excluding carboxylic acids is 1. The summed E-state index contributed by atoms with van der Waals surface area (Å²) in [5.74, 6) is 0.252. The van der Waals surface area contributed by atoms with Crippen molar-refractivity contribution >= 4 is 16.8 Å². The van der Waals surface area contributed by atoms with E-state index in [4.69, 9.17) is 9.47 Å². The van der Waals surface area contributed by atoms with Gasteiger partial charge in [0.25, 0.3) is 5.91 Å². The van der Waals surface area contributed by atoms with Gasteiger partial charge in [0.2, 0.25) is 5.88 Å². The van der Waals surface area contributed by atoms with Crippen molar-refractivity contribution in [2.24, 2.45) is 0 Å². The first-order chi connectivity index (χ1) is 14.1. The number of aliphatic hydroxyl groups is 1. The van der Waals surface area contributed by atoms with Crippen molar-refractivity contribution in [1.82, 2.24) is 15.3 Å². The Morgan fingerprint density at radius 1 is 1.31 bits per heavy atom. The summed E-state index contributed by atoms with van der Waals surface area (Å²) >= 11 is 0. The number of amides is 1. The number of aromatic nitrogens is 2. The van der Waals surface area contributed by atoms with Crippen LogP contribution in [0.5, 0.6) is 5.88 Å². The highest BCUT2D eigenvalue weighted by atomic mass is 16.5. The smallest absolute Gasteiger partial charge is 0.270 e. The van der Waals surface area contributed by atoms with Crippen LogP contribution in [0.4, 0.5) is 0 Å². The third-order valence-corrected chi connectivity index (χ3v) is 5.08. The summed E-state index contributed by atoms with van der Waals surface area (Å²) in [4.78, 5) is 21.5. The van der Waals surface area contributed by atoms with Gasteiger partial charge in [0.15, 0.2) is 0 Å². The van der Waals surface area contributed by atoms with Crippen LogP contribution < -0.4 is 10.1 Å². The van der Waals surface area contributed by atoms with Crippen molar-refractivity contribution in [2.75, 3.05) is 20.3 Å². The van der Waals surface area contributed by atoms with E-state index in [9.17, 15) is 9.90 Å². The number of methoxy groups -OCH3 is 1. The predicted octanol–water partition coefficient (Wildman–Crippen LogP) is 2.11. The largest absolute Gasteiger partial charge is 0.481 e. The number of fused-ring (bicyclic) bond motifs is 1. The summed E-state index contributed by atoms with van der Waals surface area (Å²) < 4.78 is 10.4. The van der Waals surface area contributed by atoms with Gasteiger partial charge < -0.3 is 19.9 Å². The second-order valence-electron chi connectivity index (χ2n) is 7.08. The monoisotopic (exact) mass is 393 g/mol. The highest BCUT2D eigenvalue weighted by Crippen LogP contribution is 2.23. The van der Waals surface area contributed by atoms with Crippen LogP contribution >= 0.6 is 0 Å². The van der Waals surface area contributed by atoms with E-state index in [1.807, 2.05) is 42.5 Å². The molecule has 1 aliphatic heterocycles. The predicted molar refractivity (Wildman–Crippen MR) is 108 cm³/mol. The highest BCUT2D eigenvalue weighted by molar-refractivity contribution is 5.96. The minimum atomic E-state index is -0.711. The Bertz CT molecular complexity index is 1020. The molecule has 2 aromatic heterocycles. The number of hydrogen-bond acceptors (Lipinski definition) is 6. The Morgan fingerprint density at radius 2 is 2.17 bits per heavy atom. The highest BCUT2D eigenvalue weighted by Gasteiger charge is 2.26. The molecule has 3 heterocycles. The number of ether oxygens (including phenoxy) is 2. The van der Waals surface area contributed by atoms with Gasteiger partial charge in [-0.15, -0.1) is 0 Å². The number of hydrogen-bond donors (Lipinski definition) is 2. The van der Waals surface area contributed by atoms with Crippen LogP contribution in [0.15, 0.2) is 48.7 Å². The number of pyridine rings is 2. The normalized spacial score (nSPS) is 19.1. The van der Waals surface area contributed by atoms with Crippen molar-refractivity contribution in [3.8, 4) is 5.88 Å². The summed E-state index contributed by atoms with van der Waals surface area (Å²) in [5.41, 5.74) is 3.10. The molecule has 2 atom stereocenters. The Morgan fingerprint density at radius 3 is 3.00 bits per heavy atom. The number of para-hydroxylation sites is 1. The van der Waals surface area contributed by atoms with Crippen molar-refractivity contribution in [1.29, 1.82) is 0 Å². The average Bonchev–Trinajstić information content (AvgIpc) is 2.75. The molecule has 1 aromatic carbocycles. The van der Waals surface area contributed by atoms with Crippen LogP contribution in [0.3, 0.4) is 0 Å². The molecule has 2 N–H and O–H groups in total. The maximum absolute atomic E-state index is 12.9. The molecule has 1 amide bonds. The zero-order valence-electron chi connectivity index (χ0n) is 16.2. The van der Waals surface area contributed by atoms with Crippen molar-refractivity contribution < 1.29 is 19.4 Å². The fourth-order valence-electron chi connectivity index (χ4n) is 3.54. The zero-order valence-corrected chi connectivity index (χ0v) is 16.2. The Balaban J connectivity index is 1.65. The molecule has 0 bridgehead atoms. The first kappa shape index (κ1) is 19.3. The van der Waals surface area contributed by atoms with E-state index < -0.39 is 6.10 Å². The molecule has 0 aliphatic carbocycles. The van der Waals surface area contributed by atoms with Gasteiger partial charge in [-0.25, -0.2) is 9.97 Å². The molecule has 7 nitrogen and oxygen atoms in total. The number of rotatable bonds is 5. The molecule has 150 valence electrons. The van der Waals surface area contributed by atoms with Crippen molar-refractivity contribution in [2.45, 2.75) is 25.0 Å². The lowest BCUT2D eigenvalue weighted by Crippen LogP contribution is -2.48. The van der Waals surface area contributed by atoms with E-state index in [2.05, 4.69) is 15.3 Å². The Hall–Kier alpha value is -3.03. The minimum absolute atomic E-state index is 0.227.